The number of rotatable bonds is 3. The van der Waals surface area contributed by atoms with Gasteiger partial charge in [-0.25, -0.2) is 9.69 Å². The molecule has 1 fully saturated rings. The zero-order chi connectivity index (χ0) is 16.8. The van der Waals surface area contributed by atoms with Gasteiger partial charge in [0, 0.05) is 6.42 Å². The summed E-state index contributed by atoms with van der Waals surface area (Å²) in [4.78, 5) is 26.5. The first kappa shape index (κ1) is 16.2. The summed E-state index contributed by atoms with van der Waals surface area (Å²) < 4.78 is 5.59. The number of para-hydroxylation sites is 2. The number of nitrogens with zero attached hydrogens (tertiary/aromatic N) is 1. The van der Waals surface area contributed by atoms with E-state index in [0.29, 0.717) is 12.8 Å². The Kier molecular flexibility index (Phi) is 5.26. The normalized spacial score (nSPS) is 17.8. The third-order valence-electron chi connectivity index (χ3n) is 4.20. The topological polar surface area (TPSA) is 46.6 Å². The molecule has 2 aromatic carbocycles. The Hall–Kier alpha value is -2.62. The second kappa shape index (κ2) is 7.77. The van der Waals surface area contributed by atoms with Crippen molar-refractivity contribution >= 4 is 23.3 Å². The number of Topliss-reactive ketones (excluding diaryl/α,β-unsaturated/α-hetero) is 1. The van der Waals surface area contributed by atoms with Crippen LogP contribution in [0.2, 0.25) is 0 Å². The molecule has 0 N–H and O–H groups in total. The van der Waals surface area contributed by atoms with Crippen LogP contribution in [0.3, 0.4) is 0 Å². The summed E-state index contributed by atoms with van der Waals surface area (Å²) in [7, 11) is 0. The Morgan fingerprint density at radius 1 is 0.875 bits per heavy atom. The average Bonchev–Trinajstić information content (AvgIpc) is 2.82. The van der Waals surface area contributed by atoms with E-state index in [1.807, 2.05) is 60.7 Å². The zero-order valence-corrected chi connectivity index (χ0v) is 13.6. The SMILES string of the molecule is O=C1CCCCCC1OC(=O)N(c1ccccc1)c1ccccc1. The van der Waals surface area contributed by atoms with Gasteiger partial charge in [0.15, 0.2) is 11.9 Å². The van der Waals surface area contributed by atoms with Crippen molar-refractivity contribution in [3.05, 3.63) is 60.7 Å². The maximum Gasteiger partial charge on any atom is 0.419 e. The van der Waals surface area contributed by atoms with Crippen LogP contribution in [0.25, 0.3) is 0 Å². The Morgan fingerprint density at radius 3 is 2.04 bits per heavy atom. The Labute approximate surface area is 142 Å². The molecule has 124 valence electrons. The fraction of sp³-hybridized carbons (Fsp3) is 0.300. The van der Waals surface area contributed by atoms with E-state index in [1.54, 1.807) is 0 Å². The summed E-state index contributed by atoms with van der Waals surface area (Å²) >= 11 is 0. The van der Waals surface area contributed by atoms with Gasteiger partial charge in [0.2, 0.25) is 0 Å². The fourth-order valence-corrected chi connectivity index (χ4v) is 2.94. The molecule has 3 rings (SSSR count). The van der Waals surface area contributed by atoms with Crippen LogP contribution in [-0.2, 0) is 9.53 Å². The van der Waals surface area contributed by atoms with Gasteiger partial charge in [-0.2, -0.15) is 0 Å². The van der Waals surface area contributed by atoms with E-state index < -0.39 is 12.2 Å². The van der Waals surface area contributed by atoms with Crippen LogP contribution < -0.4 is 4.90 Å². The summed E-state index contributed by atoms with van der Waals surface area (Å²) in [6, 6.07) is 18.7. The van der Waals surface area contributed by atoms with Gasteiger partial charge in [0.05, 0.1) is 11.4 Å². The summed E-state index contributed by atoms with van der Waals surface area (Å²) in [5, 5.41) is 0. The van der Waals surface area contributed by atoms with Crippen LogP contribution in [0.4, 0.5) is 16.2 Å². The molecule has 1 atom stereocenters. The van der Waals surface area contributed by atoms with Crippen molar-refractivity contribution in [1.82, 2.24) is 0 Å². The highest BCUT2D eigenvalue weighted by Gasteiger charge is 2.28. The maximum atomic E-state index is 12.8. The fourth-order valence-electron chi connectivity index (χ4n) is 2.94. The van der Waals surface area contributed by atoms with Crippen LogP contribution in [0.1, 0.15) is 32.1 Å². The highest BCUT2D eigenvalue weighted by molar-refractivity contribution is 5.97. The molecule has 0 heterocycles. The van der Waals surface area contributed by atoms with Crippen molar-refractivity contribution in [2.24, 2.45) is 0 Å². The van der Waals surface area contributed by atoms with Crippen molar-refractivity contribution in [3.63, 3.8) is 0 Å². The van der Waals surface area contributed by atoms with Gasteiger partial charge in [-0.3, -0.25) is 4.79 Å². The smallest absolute Gasteiger partial charge is 0.419 e. The van der Waals surface area contributed by atoms with Crippen molar-refractivity contribution in [2.45, 2.75) is 38.2 Å². The number of hydrogen-bond donors (Lipinski definition) is 0. The number of anilines is 2. The number of ether oxygens (including phenoxy) is 1. The van der Waals surface area contributed by atoms with Gasteiger partial charge >= 0.3 is 6.09 Å². The van der Waals surface area contributed by atoms with Crippen LogP contribution in [-0.4, -0.2) is 18.0 Å². The molecule has 4 heteroatoms. The highest BCUT2D eigenvalue weighted by Crippen LogP contribution is 2.27. The lowest BCUT2D eigenvalue weighted by atomic mass is 10.1. The standard InChI is InChI=1S/C20H21NO3/c22-18-14-8-3-9-15-19(18)24-20(23)21(16-10-4-1-5-11-16)17-12-6-2-7-13-17/h1-2,4-7,10-13,19H,3,8-9,14-15H2. The third-order valence-corrected chi connectivity index (χ3v) is 4.20. The van der Waals surface area contributed by atoms with Gasteiger partial charge in [-0.05, 0) is 43.5 Å². The quantitative estimate of drug-likeness (QED) is 0.758. The molecule has 0 bridgehead atoms. The second-order valence-electron chi connectivity index (χ2n) is 5.94. The zero-order valence-electron chi connectivity index (χ0n) is 13.6. The molecule has 1 aliphatic rings. The molecule has 1 saturated carbocycles. The molecule has 0 aromatic heterocycles. The van der Waals surface area contributed by atoms with E-state index in [4.69, 9.17) is 4.74 Å². The van der Waals surface area contributed by atoms with Gasteiger partial charge in [0.1, 0.15) is 0 Å². The number of amides is 1. The molecule has 1 unspecified atom stereocenters. The number of carbonyl (C=O) groups is 2. The minimum absolute atomic E-state index is 0.0296. The van der Waals surface area contributed by atoms with Gasteiger partial charge in [-0.15, -0.1) is 0 Å². The molecule has 1 aliphatic carbocycles. The molecule has 1 amide bonds. The van der Waals surface area contributed by atoms with Gasteiger partial charge < -0.3 is 4.74 Å². The van der Waals surface area contributed by atoms with Gasteiger partial charge in [-0.1, -0.05) is 42.8 Å². The Bertz CT molecular complexity index is 645. The summed E-state index contributed by atoms with van der Waals surface area (Å²) in [6.45, 7) is 0. The van der Waals surface area contributed by atoms with E-state index in [1.165, 1.54) is 4.90 Å². The van der Waals surface area contributed by atoms with Gasteiger partial charge in [0.25, 0.3) is 0 Å². The first-order valence-corrected chi connectivity index (χ1v) is 8.39. The third kappa shape index (κ3) is 3.82. The molecule has 4 nitrogen and oxygen atoms in total. The minimum Gasteiger partial charge on any atom is -0.438 e. The predicted molar refractivity (Wildman–Crippen MR) is 93.4 cm³/mol. The largest absolute Gasteiger partial charge is 0.438 e. The number of carbonyl (C=O) groups excluding carboxylic acids is 2. The van der Waals surface area contributed by atoms with Crippen molar-refractivity contribution in [3.8, 4) is 0 Å². The Balaban J connectivity index is 1.85. The summed E-state index contributed by atoms with van der Waals surface area (Å²) in [6.07, 6.45) is 2.79. The van der Waals surface area contributed by atoms with Crippen LogP contribution >= 0.6 is 0 Å². The number of benzene rings is 2. The van der Waals surface area contributed by atoms with Crippen molar-refractivity contribution < 1.29 is 14.3 Å². The predicted octanol–water partition coefficient (Wildman–Crippen LogP) is 4.86. The van der Waals surface area contributed by atoms with E-state index in [9.17, 15) is 9.59 Å². The van der Waals surface area contributed by atoms with E-state index >= 15 is 0 Å². The highest BCUT2D eigenvalue weighted by atomic mass is 16.6. The van der Waals surface area contributed by atoms with Crippen LogP contribution in [0.15, 0.2) is 60.7 Å². The second-order valence-corrected chi connectivity index (χ2v) is 5.94. The molecule has 0 radical (unpaired) electrons. The minimum atomic E-state index is -0.630. The lowest BCUT2D eigenvalue weighted by molar-refractivity contribution is -0.127. The van der Waals surface area contributed by atoms with E-state index in [0.717, 1.165) is 30.6 Å². The first-order valence-electron chi connectivity index (χ1n) is 8.39. The van der Waals surface area contributed by atoms with Crippen molar-refractivity contribution in [1.29, 1.82) is 0 Å². The summed E-state index contributed by atoms with van der Waals surface area (Å²) in [5.74, 6) is 0.0296. The molecule has 0 saturated heterocycles. The van der Waals surface area contributed by atoms with Crippen LogP contribution in [0, 0.1) is 0 Å². The number of hydrogen-bond acceptors (Lipinski definition) is 3. The van der Waals surface area contributed by atoms with Crippen molar-refractivity contribution in [2.75, 3.05) is 4.90 Å². The molecule has 0 aliphatic heterocycles. The lowest BCUT2D eigenvalue weighted by Crippen LogP contribution is -2.34. The molecule has 0 spiro atoms. The lowest BCUT2D eigenvalue weighted by Gasteiger charge is -2.25. The molecular formula is C20H21NO3. The van der Waals surface area contributed by atoms with Crippen LogP contribution in [0.5, 0.6) is 0 Å². The molecule has 2 aromatic rings. The van der Waals surface area contributed by atoms with E-state index in [2.05, 4.69) is 0 Å². The number of ketones is 1. The monoisotopic (exact) mass is 323 g/mol. The van der Waals surface area contributed by atoms with E-state index in [-0.39, 0.29) is 5.78 Å². The Morgan fingerprint density at radius 2 is 1.46 bits per heavy atom. The summed E-state index contributed by atoms with van der Waals surface area (Å²) in [5.41, 5.74) is 1.43. The molecule has 24 heavy (non-hydrogen) atoms. The average molecular weight is 323 g/mol. The first-order chi connectivity index (χ1) is 11.8. The maximum absolute atomic E-state index is 12.8. The molecular weight excluding hydrogens is 302 g/mol.